The van der Waals surface area contributed by atoms with Crippen LogP contribution in [0.3, 0.4) is 0 Å². The second-order valence-corrected chi connectivity index (χ2v) is 4.83. The summed E-state index contributed by atoms with van der Waals surface area (Å²) in [5.41, 5.74) is 5.16. The molecule has 8 heteroatoms. The van der Waals surface area contributed by atoms with E-state index in [0.29, 0.717) is 6.07 Å². The van der Waals surface area contributed by atoms with Crippen LogP contribution in [0, 0.1) is 11.6 Å². The van der Waals surface area contributed by atoms with Crippen molar-refractivity contribution in [3.05, 3.63) is 47.5 Å². The van der Waals surface area contributed by atoms with Gasteiger partial charge in [0.25, 0.3) is 0 Å². The van der Waals surface area contributed by atoms with Crippen LogP contribution in [0.25, 0.3) is 0 Å². The summed E-state index contributed by atoms with van der Waals surface area (Å²) in [6.45, 7) is 1.86. The molecule has 0 heterocycles. The van der Waals surface area contributed by atoms with Gasteiger partial charge in [-0.05, 0) is 25.0 Å². The van der Waals surface area contributed by atoms with E-state index in [2.05, 4.69) is 10.1 Å². The highest BCUT2D eigenvalue weighted by molar-refractivity contribution is 5.88. The van der Waals surface area contributed by atoms with Crippen LogP contribution >= 0.6 is 0 Å². The van der Waals surface area contributed by atoms with Gasteiger partial charge in [-0.25, -0.2) is 13.6 Å². The minimum atomic E-state index is -1.06. The van der Waals surface area contributed by atoms with Crippen molar-refractivity contribution in [2.45, 2.75) is 25.8 Å². The number of amides is 2. The van der Waals surface area contributed by atoms with Crippen LogP contribution in [-0.4, -0.2) is 30.4 Å². The molecule has 0 fully saturated rings. The van der Waals surface area contributed by atoms with Gasteiger partial charge in [0.15, 0.2) is 0 Å². The van der Waals surface area contributed by atoms with Crippen LogP contribution < -0.4 is 11.1 Å². The van der Waals surface area contributed by atoms with E-state index in [1.807, 2.05) is 0 Å². The Labute approximate surface area is 137 Å². The molecule has 6 nitrogen and oxygen atoms in total. The van der Waals surface area contributed by atoms with E-state index in [0.717, 1.165) is 18.2 Å². The van der Waals surface area contributed by atoms with Crippen LogP contribution in [0.15, 0.2) is 30.4 Å². The van der Waals surface area contributed by atoms with Crippen molar-refractivity contribution in [2.75, 3.05) is 6.61 Å². The van der Waals surface area contributed by atoms with Crippen LogP contribution in [0.2, 0.25) is 0 Å². The molecule has 1 aromatic carbocycles. The monoisotopic (exact) mass is 340 g/mol. The number of nitrogens with one attached hydrogen (secondary N) is 1. The smallest absolute Gasteiger partial charge is 0.330 e. The maximum Gasteiger partial charge on any atom is 0.330 e. The third-order valence-electron chi connectivity index (χ3n) is 2.96. The number of hydrogen-bond donors (Lipinski definition) is 2. The molecule has 0 spiro atoms. The predicted octanol–water partition coefficient (Wildman–Crippen LogP) is 0.987. The molecule has 24 heavy (non-hydrogen) atoms. The molecule has 130 valence electrons. The molecule has 2 amide bonds. The minimum Gasteiger partial charge on any atom is -0.463 e. The Morgan fingerprint density at radius 2 is 2.04 bits per heavy atom. The SMILES string of the molecule is CCOC(=O)/C=C/C[C@@H](NC(=O)Cc1ccc(F)cc1F)C(N)=O. The van der Waals surface area contributed by atoms with Gasteiger partial charge in [-0.1, -0.05) is 12.1 Å². The van der Waals surface area contributed by atoms with Gasteiger partial charge in [0.2, 0.25) is 11.8 Å². The normalized spacial score (nSPS) is 12.0. The molecule has 0 aliphatic heterocycles. The van der Waals surface area contributed by atoms with Gasteiger partial charge in [0, 0.05) is 12.1 Å². The summed E-state index contributed by atoms with van der Waals surface area (Å²) in [5, 5.41) is 2.34. The summed E-state index contributed by atoms with van der Waals surface area (Å²) in [4.78, 5) is 34.3. The van der Waals surface area contributed by atoms with Crippen LogP contribution in [0.1, 0.15) is 18.9 Å². The Bertz CT molecular complexity index is 647. The number of ether oxygens (including phenoxy) is 1. The van der Waals surface area contributed by atoms with E-state index in [1.54, 1.807) is 6.92 Å². The predicted molar refractivity (Wildman–Crippen MR) is 81.6 cm³/mol. The number of halogens is 2. The van der Waals surface area contributed by atoms with Crippen LogP contribution in [-0.2, 0) is 25.5 Å². The lowest BCUT2D eigenvalue weighted by Crippen LogP contribution is -2.44. The molecule has 0 aliphatic rings. The fourth-order valence-corrected chi connectivity index (χ4v) is 1.82. The third-order valence-corrected chi connectivity index (χ3v) is 2.96. The molecular weight excluding hydrogens is 322 g/mol. The van der Waals surface area contributed by atoms with Crippen molar-refractivity contribution < 1.29 is 27.9 Å². The molecule has 0 unspecified atom stereocenters. The first-order valence-corrected chi connectivity index (χ1v) is 7.19. The maximum absolute atomic E-state index is 13.5. The summed E-state index contributed by atoms with van der Waals surface area (Å²) in [6, 6.07) is 1.77. The van der Waals surface area contributed by atoms with Gasteiger partial charge in [-0.15, -0.1) is 0 Å². The molecule has 0 saturated heterocycles. The molecule has 1 rings (SSSR count). The zero-order valence-corrected chi connectivity index (χ0v) is 13.1. The second kappa shape index (κ2) is 9.39. The van der Waals surface area contributed by atoms with Crippen molar-refractivity contribution in [2.24, 2.45) is 5.73 Å². The van der Waals surface area contributed by atoms with Crippen molar-refractivity contribution in [3.8, 4) is 0 Å². The number of carbonyl (C=O) groups excluding carboxylic acids is 3. The topological polar surface area (TPSA) is 98.5 Å². The highest BCUT2D eigenvalue weighted by Gasteiger charge is 2.18. The number of nitrogens with two attached hydrogens (primary N) is 1. The van der Waals surface area contributed by atoms with Gasteiger partial charge < -0.3 is 15.8 Å². The summed E-state index contributed by atoms with van der Waals surface area (Å²) in [6.07, 6.45) is 2.06. The van der Waals surface area contributed by atoms with Crippen molar-refractivity contribution in [3.63, 3.8) is 0 Å². The average Bonchev–Trinajstić information content (AvgIpc) is 2.49. The Morgan fingerprint density at radius 3 is 2.62 bits per heavy atom. The zero-order chi connectivity index (χ0) is 18.1. The summed E-state index contributed by atoms with van der Waals surface area (Å²) >= 11 is 0. The number of carbonyl (C=O) groups is 3. The maximum atomic E-state index is 13.5. The number of rotatable bonds is 8. The molecule has 0 radical (unpaired) electrons. The lowest BCUT2D eigenvalue weighted by Gasteiger charge is -2.13. The number of esters is 1. The summed E-state index contributed by atoms with van der Waals surface area (Å²) < 4.78 is 31.0. The van der Waals surface area contributed by atoms with Gasteiger partial charge in [-0.2, -0.15) is 0 Å². The first kappa shape index (κ1) is 19.3. The zero-order valence-electron chi connectivity index (χ0n) is 13.1. The molecule has 3 N–H and O–H groups in total. The van der Waals surface area contributed by atoms with Crippen LogP contribution in [0.4, 0.5) is 8.78 Å². The molecular formula is C16H18F2N2O4. The van der Waals surface area contributed by atoms with E-state index in [-0.39, 0.29) is 25.0 Å². The van der Waals surface area contributed by atoms with E-state index in [4.69, 9.17) is 5.73 Å². The Balaban J connectivity index is 2.62. The lowest BCUT2D eigenvalue weighted by atomic mass is 10.1. The van der Waals surface area contributed by atoms with Gasteiger partial charge >= 0.3 is 5.97 Å². The van der Waals surface area contributed by atoms with Gasteiger partial charge in [-0.3, -0.25) is 9.59 Å². The highest BCUT2D eigenvalue weighted by atomic mass is 19.1. The molecule has 1 atom stereocenters. The number of primary amides is 1. The fourth-order valence-electron chi connectivity index (χ4n) is 1.82. The Morgan fingerprint density at radius 1 is 1.33 bits per heavy atom. The van der Waals surface area contributed by atoms with Crippen molar-refractivity contribution in [1.82, 2.24) is 5.32 Å². The quantitative estimate of drug-likeness (QED) is 0.544. The number of hydrogen-bond acceptors (Lipinski definition) is 4. The Kier molecular flexibility index (Phi) is 7.54. The van der Waals surface area contributed by atoms with E-state index < -0.39 is 35.5 Å². The largest absolute Gasteiger partial charge is 0.463 e. The van der Waals surface area contributed by atoms with Crippen molar-refractivity contribution >= 4 is 17.8 Å². The molecule has 1 aromatic rings. The minimum absolute atomic E-state index is 0.0146. The first-order valence-electron chi connectivity index (χ1n) is 7.19. The van der Waals surface area contributed by atoms with Gasteiger partial charge in [0.1, 0.15) is 17.7 Å². The highest BCUT2D eigenvalue weighted by Crippen LogP contribution is 2.10. The standard InChI is InChI=1S/C16H18F2N2O4/c1-2-24-15(22)5-3-4-13(16(19)23)20-14(21)8-10-6-7-11(17)9-12(10)18/h3,5-7,9,13H,2,4,8H2,1H3,(H2,19,23)(H,20,21)/b5-3+/t13-/m1/s1. The molecule has 0 aromatic heterocycles. The van der Waals surface area contributed by atoms with E-state index in [9.17, 15) is 23.2 Å². The lowest BCUT2D eigenvalue weighted by molar-refractivity contribution is -0.137. The second-order valence-electron chi connectivity index (χ2n) is 4.83. The van der Waals surface area contributed by atoms with Crippen LogP contribution in [0.5, 0.6) is 0 Å². The molecule has 0 bridgehead atoms. The third kappa shape index (κ3) is 6.55. The fraction of sp³-hybridized carbons (Fsp3) is 0.312. The van der Waals surface area contributed by atoms with E-state index >= 15 is 0 Å². The summed E-state index contributed by atoms with van der Waals surface area (Å²) in [5.74, 6) is -3.66. The average molecular weight is 340 g/mol. The van der Waals surface area contributed by atoms with Crippen molar-refractivity contribution in [1.29, 1.82) is 0 Å². The first-order chi connectivity index (χ1) is 11.3. The Hall–Kier alpha value is -2.77. The van der Waals surface area contributed by atoms with Gasteiger partial charge in [0.05, 0.1) is 13.0 Å². The molecule has 0 saturated carbocycles. The number of benzene rings is 1. The van der Waals surface area contributed by atoms with E-state index in [1.165, 1.54) is 6.08 Å². The molecule has 0 aliphatic carbocycles. The summed E-state index contributed by atoms with van der Waals surface area (Å²) in [7, 11) is 0.